The summed E-state index contributed by atoms with van der Waals surface area (Å²) in [7, 11) is 0. The van der Waals surface area contributed by atoms with Crippen LogP contribution in [0.4, 0.5) is 20.2 Å². The van der Waals surface area contributed by atoms with Crippen molar-refractivity contribution in [3.8, 4) is 0 Å². The quantitative estimate of drug-likeness (QED) is 0.615. The van der Waals surface area contributed by atoms with Crippen LogP contribution in [0.1, 0.15) is 5.56 Å². The molecule has 0 unspecified atom stereocenters. The van der Waals surface area contributed by atoms with Crippen LogP contribution in [0, 0.1) is 11.6 Å². The number of amides is 2. The van der Waals surface area contributed by atoms with Gasteiger partial charge < -0.3 is 5.32 Å². The van der Waals surface area contributed by atoms with Crippen LogP contribution in [0.15, 0.2) is 78.5 Å². The molecule has 29 heavy (non-hydrogen) atoms. The number of carbonyl (C=O) groups excluding carboxylic acids is 2. The Hall–Kier alpha value is -3.51. The Morgan fingerprint density at radius 1 is 0.793 bits per heavy atom. The largest absolute Gasteiger partial charge is 0.350 e. The smallest absolute Gasteiger partial charge is 0.282 e. The van der Waals surface area contributed by atoms with Crippen LogP contribution in [0.3, 0.4) is 0 Å². The molecule has 0 aliphatic carbocycles. The molecule has 0 saturated carbocycles. The fourth-order valence-electron chi connectivity index (χ4n) is 3.06. The lowest BCUT2D eigenvalue weighted by Crippen LogP contribution is -2.33. The SMILES string of the molecule is O=C1C(Nc2ccc(F)cc2)=C(c2ccc(Cl)cc2)C(=O)N1c1ccccc1F. The first-order chi connectivity index (χ1) is 14.0. The summed E-state index contributed by atoms with van der Waals surface area (Å²) in [5.74, 6) is -2.53. The highest BCUT2D eigenvalue weighted by Gasteiger charge is 2.41. The van der Waals surface area contributed by atoms with Crippen molar-refractivity contribution in [1.29, 1.82) is 0 Å². The van der Waals surface area contributed by atoms with Gasteiger partial charge in [0.1, 0.15) is 17.3 Å². The Morgan fingerprint density at radius 2 is 1.45 bits per heavy atom. The molecule has 0 fully saturated rings. The van der Waals surface area contributed by atoms with Crippen LogP contribution in [-0.4, -0.2) is 11.8 Å². The van der Waals surface area contributed by atoms with Crippen LogP contribution >= 0.6 is 11.6 Å². The van der Waals surface area contributed by atoms with Crippen LogP contribution in [0.25, 0.3) is 5.57 Å². The first-order valence-corrected chi connectivity index (χ1v) is 8.99. The van der Waals surface area contributed by atoms with Crippen molar-refractivity contribution in [3.05, 3.63) is 101 Å². The zero-order valence-corrected chi connectivity index (χ0v) is 15.6. The molecule has 1 aliphatic rings. The van der Waals surface area contributed by atoms with E-state index in [4.69, 9.17) is 11.6 Å². The van der Waals surface area contributed by atoms with Gasteiger partial charge in [0, 0.05) is 10.7 Å². The summed E-state index contributed by atoms with van der Waals surface area (Å²) in [6.07, 6.45) is 0. The highest BCUT2D eigenvalue weighted by molar-refractivity contribution is 6.46. The van der Waals surface area contributed by atoms with E-state index in [1.54, 1.807) is 24.3 Å². The molecule has 4 nitrogen and oxygen atoms in total. The van der Waals surface area contributed by atoms with E-state index in [2.05, 4.69) is 5.32 Å². The molecular formula is C22H13ClF2N2O2. The van der Waals surface area contributed by atoms with E-state index < -0.39 is 23.4 Å². The number of rotatable bonds is 4. The van der Waals surface area contributed by atoms with Crippen molar-refractivity contribution >= 4 is 40.4 Å². The number of carbonyl (C=O) groups is 2. The molecule has 0 radical (unpaired) electrons. The molecule has 0 spiro atoms. The highest BCUT2D eigenvalue weighted by atomic mass is 35.5. The van der Waals surface area contributed by atoms with Gasteiger partial charge in [0.15, 0.2) is 0 Å². The molecule has 0 atom stereocenters. The van der Waals surface area contributed by atoms with E-state index in [1.807, 2.05) is 0 Å². The van der Waals surface area contributed by atoms with Crippen molar-refractivity contribution in [2.75, 3.05) is 10.2 Å². The number of benzene rings is 3. The Morgan fingerprint density at radius 3 is 2.10 bits per heavy atom. The first-order valence-electron chi connectivity index (χ1n) is 8.62. The second kappa shape index (κ2) is 7.48. The minimum Gasteiger partial charge on any atom is -0.350 e. The highest BCUT2D eigenvalue weighted by Crippen LogP contribution is 2.35. The monoisotopic (exact) mass is 410 g/mol. The predicted molar refractivity (Wildman–Crippen MR) is 107 cm³/mol. The van der Waals surface area contributed by atoms with E-state index in [-0.39, 0.29) is 17.0 Å². The third-order valence-corrected chi connectivity index (χ3v) is 4.68. The summed E-state index contributed by atoms with van der Waals surface area (Å²) in [6.45, 7) is 0. The zero-order valence-electron chi connectivity index (χ0n) is 14.8. The molecule has 4 rings (SSSR count). The molecule has 0 aromatic heterocycles. The number of hydrogen-bond donors (Lipinski definition) is 1. The molecule has 3 aromatic carbocycles. The van der Waals surface area contributed by atoms with Crippen molar-refractivity contribution in [1.82, 2.24) is 0 Å². The van der Waals surface area contributed by atoms with E-state index in [0.717, 1.165) is 4.90 Å². The van der Waals surface area contributed by atoms with Gasteiger partial charge in [0.05, 0.1) is 11.3 Å². The van der Waals surface area contributed by atoms with Gasteiger partial charge in [-0.1, -0.05) is 35.9 Å². The maximum absolute atomic E-state index is 14.3. The van der Waals surface area contributed by atoms with E-state index in [9.17, 15) is 18.4 Å². The predicted octanol–water partition coefficient (Wildman–Crippen LogP) is 5.01. The summed E-state index contributed by atoms with van der Waals surface area (Å²) in [5.41, 5.74) is 0.733. The molecule has 144 valence electrons. The standard InChI is InChI=1S/C22H13ClF2N2O2/c23-14-7-5-13(6-8-14)19-20(26-16-11-9-15(24)10-12-16)22(29)27(21(19)28)18-4-2-1-3-17(18)25/h1-12,26H. The fourth-order valence-corrected chi connectivity index (χ4v) is 3.19. The number of hydrogen-bond acceptors (Lipinski definition) is 3. The van der Waals surface area contributed by atoms with Gasteiger partial charge in [0.25, 0.3) is 11.8 Å². The normalized spacial score (nSPS) is 14.0. The number of para-hydroxylation sites is 1. The number of halogens is 3. The Balaban J connectivity index is 1.83. The van der Waals surface area contributed by atoms with Crippen LogP contribution in [0.5, 0.6) is 0 Å². The average Bonchev–Trinajstić information content (AvgIpc) is 2.95. The molecule has 3 aromatic rings. The summed E-state index contributed by atoms with van der Waals surface area (Å²) in [4.78, 5) is 27.0. The van der Waals surface area contributed by atoms with E-state index >= 15 is 0 Å². The Labute approximate surface area is 170 Å². The Bertz CT molecular complexity index is 1140. The van der Waals surface area contributed by atoms with Crippen molar-refractivity contribution in [3.63, 3.8) is 0 Å². The van der Waals surface area contributed by atoms with Crippen LogP contribution < -0.4 is 10.2 Å². The van der Waals surface area contributed by atoms with Gasteiger partial charge in [-0.2, -0.15) is 0 Å². The van der Waals surface area contributed by atoms with Gasteiger partial charge in [-0.3, -0.25) is 9.59 Å². The number of nitrogens with one attached hydrogen (secondary N) is 1. The lowest BCUT2D eigenvalue weighted by Gasteiger charge is -2.16. The number of imide groups is 1. The minimum absolute atomic E-state index is 0.0350. The van der Waals surface area contributed by atoms with E-state index in [1.165, 1.54) is 48.5 Å². The summed E-state index contributed by atoms with van der Waals surface area (Å²) in [5, 5.41) is 3.34. The molecule has 7 heteroatoms. The molecular weight excluding hydrogens is 398 g/mol. The number of anilines is 2. The summed E-state index contributed by atoms with van der Waals surface area (Å²) in [6, 6.07) is 17.2. The van der Waals surface area contributed by atoms with Crippen molar-refractivity contribution in [2.45, 2.75) is 0 Å². The zero-order chi connectivity index (χ0) is 20.5. The fraction of sp³-hybridized carbons (Fsp3) is 0. The average molecular weight is 411 g/mol. The number of nitrogens with zero attached hydrogens (tertiary/aromatic N) is 1. The maximum atomic E-state index is 14.3. The maximum Gasteiger partial charge on any atom is 0.282 e. The van der Waals surface area contributed by atoms with Gasteiger partial charge in [-0.15, -0.1) is 0 Å². The second-order valence-electron chi connectivity index (χ2n) is 6.29. The molecule has 0 bridgehead atoms. The van der Waals surface area contributed by atoms with Crippen molar-refractivity contribution < 1.29 is 18.4 Å². The van der Waals surface area contributed by atoms with Crippen LogP contribution in [0.2, 0.25) is 5.02 Å². The summed E-state index contributed by atoms with van der Waals surface area (Å²) >= 11 is 5.93. The van der Waals surface area contributed by atoms with Gasteiger partial charge in [-0.25, -0.2) is 13.7 Å². The third-order valence-electron chi connectivity index (χ3n) is 4.42. The van der Waals surface area contributed by atoms with Gasteiger partial charge in [-0.05, 0) is 54.1 Å². The van der Waals surface area contributed by atoms with Crippen LogP contribution in [-0.2, 0) is 9.59 Å². The Kier molecular flexibility index (Phi) is 4.86. The topological polar surface area (TPSA) is 49.4 Å². The third kappa shape index (κ3) is 3.50. The van der Waals surface area contributed by atoms with Gasteiger partial charge in [0.2, 0.25) is 0 Å². The first kappa shape index (κ1) is 18.8. The van der Waals surface area contributed by atoms with Crippen molar-refractivity contribution in [2.24, 2.45) is 0 Å². The van der Waals surface area contributed by atoms with E-state index in [0.29, 0.717) is 16.3 Å². The second-order valence-corrected chi connectivity index (χ2v) is 6.72. The minimum atomic E-state index is -0.714. The molecule has 1 heterocycles. The molecule has 2 amide bonds. The lowest BCUT2D eigenvalue weighted by molar-refractivity contribution is -0.120. The summed E-state index contributed by atoms with van der Waals surface area (Å²) < 4.78 is 27.5. The molecule has 0 saturated heterocycles. The lowest BCUT2D eigenvalue weighted by atomic mass is 10.0. The molecule has 1 aliphatic heterocycles. The van der Waals surface area contributed by atoms with Gasteiger partial charge >= 0.3 is 0 Å². The molecule has 1 N–H and O–H groups in total.